The Morgan fingerprint density at radius 1 is 1.47 bits per heavy atom. The molecule has 2 atom stereocenters. The van der Waals surface area contributed by atoms with Crippen LogP contribution < -0.4 is 5.32 Å². The second-order valence-electron chi connectivity index (χ2n) is 4.71. The number of hydrogen-bond acceptors (Lipinski definition) is 3. The molecule has 5 heteroatoms. The van der Waals surface area contributed by atoms with Gasteiger partial charge < -0.3 is 15.2 Å². The van der Waals surface area contributed by atoms with Gasteiger partial charge in [0.05, 0.1) is 13.0 Å². The molecule has 1 heterocycles. The van der Waals surface area contributed by atoms with Gasteiger partial charge in [0, 0.05) is 6.04 Å². The lowest BCUT2D eigenvalue weighted by molar-refractivity contribution is -0.138. The Kier molecular flexibility index (Phi) is 4.16. The molecular weight excluding hydrogens is 246 g/mol. The fourth-order valence-electron chi connectivity index (χ4n) is 2.24. The van der Waals surface area contributed by atoms with Crippen LogP contribution in [0.3, 0.4) is 0 Å². The minimum absolute atomic E-state index is 0.0971. The second kappa shape index (κ2) is 5.84. The molecule has 0 radical (unpaired) electrons. The minimum atomic E-state index is -0.933. The maximum absolute atomic E-state index is 12.1. The van der Waals surface area contributed by atoms with Crippen molar-refractivity contribution in [2.75, 3.05) is 6.61 Å². The SMILES string of the molecule is CC(CC(=O)O)NC(=O)C1OCCc2ccccc21. The number of fused-ring (bicyclic) bond motifs is 1. The third-order valence-electron chi connectivity index (χ3n) is 3.10. The normalized spacial score (nSPS) is 19.3. The third-order valence-corrected chi connectivity index (χ3v) is 3.10. The summed E-state index contributed by atoms with van der Waals surface area (Å²) >= 11 is 0. The zero-order valence-corrected chi connectivity index (χ0v) is 10.8. The van der Waals surface area contributed by atoms with E-state index in [-0.39, 0.29) is 12.3 Å². The van der Waals surface area contributed by atoms with Crippen molar-refractivity contribution in [1.29, 1.82) is 0 Å². The van der Waals surface area contributed by atoms with Crippen molar-refractivity contribution in [2.45, 2.75) is 31.9 Å². The van der Waals surface area contributed by atoms with E-state index in [0.717, 1.165) is 17.5 Å². The molecule has 1 amide bonds. The summed E-state index contributed by atoms with van der Waals surface area (Å²) in [6.45, 7) is 2.17. The number of carboxylic acid groups (broad SMARTS) is 1. The summed E-state index contributed by atoms with van der Waals surface area (Å²) in [7, 11) is 0. The number of rotatable bonds is 4. The summed E-state index contributed by atoms with van der Waals surface area (Å²) in [4.78, 5) is 22.7. The van der Waals surface area contributed by atoms with Gasteiger partial charge in [-0.2, -0.15) is 0 Å². The lowest BCUT2D eigenvalue weighted by Crippen LogP contribution is -2.39. The van der Waals surface area contributed by atoms with E-state index in [2.05, 4.69) is 5.32 Å². The molecule has 0 saturated heterocycles. The number of benzene rings is 1. The van der Waals surface area contributed by atoms with Gasteiger partial charge >= 0.3 is 5.97 Å². The standard InChI is InChI=1S/C14H17NO4/c1-9(8-12(16)17)15-14(18)13-11-5-3-2-4-10(11)6-7-19-13/h2-5,9,13H,6-8H2,1H3,(H,15,18)(H,16,17). The summed E-state index contributed by atoms with van der Waals surface area (Å²) in [5.74, 6) is -1.21. The highest BCUT2D eigenvalue weighted by Gasteiger charge is 2.28. The molecule has 1 aliphatic rings. The molecule has 0 saturated carbocycles. The van der Waals surface area contributed by atoms with E-state index in [1.165, 1.54) is 0 Å². The van der Waals surface area contributed by atoms with E-state index >= 15 is 0 Å². The number of ether oxygens (including phenoxy) is 1. The van der Waals surface area contributed by atoms with E-state index in [1.807, 2.05) is 24.3 Å². The van der Waals surface area contributed by atoms with Crippen molar-refractivity contribution >= 4 is 11.9 Å². The molecule has 2 rings (SSSR count). The third kappa shape index (κ3) is 3.32. The molecule has 0 spiro atoms. The van der Waals surface area contributed by atoms with Gasteiger partial charge in [0.2, 0.25) is 0 Å². The molecule has 1 aromatic rings. The van der Waals surface area contributed by atoms with Gasteiger partial charge in [-0.15, -0.1) is 0 Å². The molecule has 5 nitrogen and oxygen atoms in total. The van der Waals surface area contributed by atoms with Crippen LogP contribution in [0.4, 0.5) is 0 Å². The Morgan fingerprint density at radius 2 is 2.21 bits per heavy atom. The Balaban J connectivity index is 2.06. The van der Waals surface area contributed by atoms with Gasteiger partial charge in [0.25, 0.3) is 5.91 Å². The van der Waals surface area contributed by atoms with Crippen LogP contribution in [0.5, 0.6) is 0 Å². The Labute approximate surface area is 111 Å². The van der Waals surface area contributed by atoms with Gasteiger partial charge in [-0.05, 0) is 24.5 Å². The van der Waals surface area contributed by atoms with Crippen LogP contribution in [0, 0.1) is 0 Å². The topological polar surface area (TPSA) is 75.6 Å². The number of amides is 1. The van der Waals surface area contributed by atoms with Crippen LogP contribution in [0.1, 0.15) is 30.6 Å². The largest absolute Gasteiger partial charge is 0.481 e. The van der Waals surface area contributed by atoms with Crippen molar-refractivity contribution in [1.82, 2.24) is 5.32 Å². The highest BCUT2D eigenvalue weighted by molar-refractivity contribution is 5.83. The van der Waals surface area contributed by atoms with Gasteiger partial charge in [-0.3, -0.25) is 9.59 Å². The van der Waals surface area contributed by atoms with Gasteiger partial charge in [0.1, 0.15) is 0 Å². The zero-order valence-electron chi connectivity index (χ0n) is 10.8. The van der Waals surface area contributed by atoms with Gasteiger partial charge in [-0.1, -0.05) is 24.3 Å². The van der Waals surface area contributed by atoms with E-state index in [1.54, 1.807) is 6.92 Å². The quantitative estimate of drug-likeness (QED) is 0.858. The number of carboxylic acids is 1. The highest BCUT2D eigenvalue weighted by Crippen LogP contribution is 2.27. The molecule has 102 valence electrons. The zero-order chi connectivity index (χ0) is 13.8. The van der Waals surface area contributed by atoms with Crippen LogP contribution in [-0.2, 0) is 20.7 Å². The first kappa shape index (κ1) is 13.5. The van der Waals surface area contributed by atoms with E-state index in [4.69, 9.17) is 9.84 Å². The molecule has 0 bridgehead atoms. The van der Waals surface area contributed by atoms with Crippen molar-refractivity contribution in [3.63, 3.8) is 0 Å². The average molecular weight is 263 g/mol. The van der Waals surface area contributed by atoms with Crippen LogP contribution in [-0.4, -0.2) is 29.6 Å². The maximum Gasteiger partial charge on any atom is 0.305 e. The fraction of sp³-hybridized carbons (Fsp3) is 0.429. The van der Waals surface area contributed by atoms with Crippen LogP contribution in [0.15, 0.2) is 24.3 Å². The van der Waals surface area contributed by atoms with Crippen molar-refractivity contribution in [2.24, 2.45) is 0 Å². The number of nitrogens with one attached hydrogen (secondary N) is 1. The Hall–Kier alpha value is -1.88. The van der Waals surface area contributed by atoms with Gasteiger partial charge in [-0.25, -0.2) is 0 Å². The lowest BCUT2D eigenvalue weighted by atomic mass is 9.97. The lowest BCUT2D eigenvalue weighted by Gasteiger charge is -2.26. The smallest absolute Gasteiger partial charge is 0.305 e. The number of aliphatic carboxylic acids is 1. The van der Waals surface area contributed by atoms with Crippen molar-refractivity contribution in [3.05, 3.63) is 35.4 Å². The molecule has 2 unspecified atom stereocenters. The first-order valence-electron chi connectivity index (χ1n) is 6.29. The van der Waals surface area contributed by atoms with Gasteiger partial charge in [0.15, 0.2) is 6.10 Å². The molecule has 0 aliphatic carbocycles. The van der Waals surface area contributed by atoms with Crippen LogP contribution in [0.2, 0.25) is 0 Å². The predicted molar refractivity (Wildman–Crippen MR) is 68.7 cm³/mol. The molecule has 1 aromatic carbocycles. The fourth-order valence-corrected chi connectivity index (χ4v) is 2.24. The number of carbonyl (C=O) groups is 2. The van der Waals surface area contributed by atoms with Crippen molar-refractivity contribution in [3.8, 4) is 0 Å². The van der Waals surface area contributed by atoms with Crippen LogP contribution in [0.25, 0.3) is 0 Å². The molecule has 0 aromatic heterocycles. The average Bonchev–Trinajstić information content (AvgIpc) is 2.36. The predicted octanol–water partition coefficient (Wildman–Crippen LogP) is 1.28. The Morgan fingerprint density at radius 3 is 2.95 bits per heavy atom. The van der Waals surface area contributed by atoms with E-state index in [0.29, 0.717) is 6.61 Å². The summed E-state index contributed by atoms with van der Waals surface area (Å²) in [5.41, 5.74) is 1.98. The first-order valence-corrected chi connectivity index (χ1v) is 6.29. The number of carbonyl (C=O) groups excluding carboxylic acids is 1. The maximum atomic E-state index is 12.1. The van der Waals surface area contributed by atoms with E-state index in [9.17, 15) is 9.59 Å². The summed E-state index contributed by atoms with van der Waals surface area (Å²) in [5, 5.41) is 11.4. The molecular formula is C14H17NO4. The Bertz CT molecular complexity index is 486. The van der Waals surface area contributed by atoms with Crippen LogP contribution >= 0.6 is 0 Å². The highest BCUT2D eigenvalue weighted by atomic mass is 16.5. The summed E-state index contributed by atoms with van der Waals surface area (Å²) in [6.07, 6.45) is 0.0614. The molecule has 0 fully saturated rings. The first-order chi connectivity index (χ1) is 9.08. The van der Waals surface area contributed by atoms with Crippen molar-refractivity contribution < 1.29 is 19.4 Å². The molecule has 2 N–H and O–H groups in total. The van der Waals surface area contributed by atoms with E-state index < -0.39 is 18.1 Å². The monoisotopic (exact) mass is 263 g/mol. The second-order valence-corrected chi connectivity index (χ2v) is 4.71. The summed E-state index contributed by atoms with van der Waals surface area (Å²) < 4.78 is 5.51. The summed E-state index contributed by atoms with van der Waals surface area (Å²) in [6, 6.07) is 7.25. The molecule has 19 heavy (non-hydrogen) atoms. The minimum Gasteiger partial charge on any atom is -0.481 e. The molecule has 1 aliphatic heterocycles. The number of hydrogen-bond donors (Lipinski definition) is 2.